The summed E-state index contributed by atoms with van der Waals surface area (Å²) in [5.41, 5.74) is -5.73. The van der Waals surface area contributed by atoms with Gasteiger partial charge in [-0.1, -0.05) is 19.9 Å². The molecule has 0 saturated carbocycles. The second kappa shape index (κ2) is 7.18. The van der Waals surface area contributed by atoms with Gasteiger partial charge in [0.15, 0.2) is 0 Å². The first-order chi connectivity index (χ1) is 10.9. The summed E-state index contributed by atoms with van der Waals surface area (Å²) in [6.07, 6.45) is -11.5. The number of benzene rings is 1. The Hall–Kier alpha value is -1.48. The van der Waals surface area contributed by atoms with Gasteiger partial charge < -0.3 is 14.6 Å². The number of ether oxygens (including phenoxy) is 2. The van der Waals surface area contributed by atoms with Crippen molar-refractivity contribution in [2.75, 3.05) is 13.9 Å². The van der Waals surface area contributed by atoms with E-state index >= 15 is 0 Å². The monoisotopic (exact) mass is 360 g/mol. The van der Waals surface area contributed by atoms with Crippen LogP contribution < -0.4 is 0 Å². The summed E-state index contributed by atoms with van der Waals surface area (Å²) in [7, 11) is 0.915. The number of hydrogen-bond acceptors (Lipinski definition) is 3. The summed E-state index contributed by atoms with van der Waals surface area (Å²) in [6.45, 7) is 2.22. The van der Waals surface area contributed by atoms with E-state index in [0.29, 0.717) is 12.1 Å². The normalized spacial score (nSPS) is 13.6. The number of alkyl halides is 6. The molecule has 3 nitrogen and oxygen atoms in total. The minimum atomic E-state index is -5.78. The highest BCUT2D eigenvalue weighted by Crippen LogP contribution is 2.53. The van der Waals surface area contributed by atoms with Crippen LogP contribution in [0.5, 0.6) is 5.75 Å². The molecule has 1 aromatic rings. The molecule has 0 aromatic heterocycles. The highest BCUT2D eigenvalue weighted by molar-refractivity contribution is 5.40. The largest absolute Gasteiger partial charge is 0.508 e. The van der Waals surface area contributed by atoms with Crippen molar-refractivity contribution in [3.63, 3.8) is 0 Å². The van der Waals surface area contributed by atoms with Crippen LogP contribution in [0.2, 0.25) is 0 Å². The number of phenolic OH excluding ortho intramolecular Hbond substituents is 1. The maximum atomic E-state index is 13.4. The molecular formula is C15H18F6O3. The minimum absolute atomic E-state index is 0.0265. The van der Waals surface area contributed by atoms with E-state index in [-0.39, 0.29) is 23.7 Å². The lowest BCUT2D eigenvalue weighted by atomic mass is 9.88. The van der Waals surface area contributed by atoms with Crippen molar-refractivity contribution in [3.05, 3.63) is 29.3 Å². The summed E-state index contributed by atoms with van der Waals surface area (Å²) >= 11 is 0. The van der Waals surface area contributed by atoms with Gasteiger partial charge in [0.05, 0.1) is 0 Å². The molecule has 0 amide bonds. The smallest absolute Gasteiger partial charge is 0.430 e. The van der Waals surface area contributed by atoms with Gasteiger partial charge in [0.1, 0.15) is 12.5 Å². The summed E-state index contributed by atoms with van der Waals surface area (Å²) in [5, 5.41) is 9.70. The van der Waals surface area contributed by atoms with Gasteiger partial charge in [-0.25, -0.2) is 0 Å². The van der Waals surface area contributed by atoms with E-state index in [4.69, 9.17) is 0 Å². The van der Waals surface area contributed by atoms with Gasteiger partial charge in [-0.05, 0) is 30.0 Å². The Labute approximate surface area is 135 Å². The Kier molecular flexibility index (Phi) is 6.15. The fourth-order valence-corrected chi connectivity index (χ4v) is 2.29. The van der Waals surface area contributed by atoms with Gasteiger partial charge in [0.2, 0.25) is 0 Å². The molecule has 0 aliphatic carbocycles. The Balaban J connectivity index is 3.60. The summed E-state index contributed by atoms with van der Waals surface area (Å²) in [6, 6.07) is 2.03. The number of phenols is 1. The van der Waals surface area contributed by atoms with Crippen LogP contribution in [0.25, 0.3) is 0 Å². The van der Waals surface area contributed by atoms with Crippen LogP contribution in [-0.4, -0.2) is 31.4 Å². The molecule has 0 saturated heterocycles. The number of rotatable bonds is 6. The predicted molar refractivity (Wildman–Crippen MR) is 73.4 cm³/mol. The van der Waals surface area contributed by atoms with E-state index in [9.17, 15) is 31.4 Å². The first-order valence-electron chi connectivity index (χ1n) is 6.95. The molecule has 1 aromatic carbocycles. The zero-order chi connectivity index (χ0) is 18.8. The fourth-order valence-electron chi connectivity index (χ4n) is 2.29. The zero-order valence-corrected chi connectivity index (χ0v) is 13.3. The minimum Gasteiger partial charge on any atom is -0.508 e. The number of aromatic hydroxyl groups is 1. The van der Waals surface area contributed by atoms with E-state index in [1.807, 2.05) is 0 Å². The third-order valence-electron chi connectivity index (χ3n) is 3.31. The maximum absolute atomic E-state index is 13.4. The van der Waals surface area contributed by atoms with Crippen LogP contribution in [0.1, 0.15) is 25.0 Å². The van der Waals surface area contributed by atoms with Crippen LogP contribution >= 0.6 is 0 Å². The second-order valence-corrected chi connectivity index (χ2v) is 5.67. The topological polar surface area (TPSA) is 38.7 Å². The van der Waals surface area contributed by atoms with Crippen LogP contribution in [0.4, 0.5) is 26.3 Å². The van der Waals surface area contributed by atoms with Crippen molar-refractivity contribution in [3.8, 4) is 5.75 Å². The van der Waals surface area contributed by atoms with Crippen molar-refractivity contribution in [2.24, 2.45) is 5.92 Å². The Bertz CT molecular complexity index is 537. The quantitative estimate of drug-likeness (QED) is 0.598. The van der Waals surface area contributed by atoms with Gasteiger partial charge in [-0.2, -0.15) is 26.3 Å². The zero-order valence-electron chi connectivity index (χ0n) is 13.3. The van der Waals surface area contributed by atoms with Gasteiger partial charge in [0.25, 0.3) is 5.60 Å². The maximum Gasteiger partial charge on any atom is 0.430 e. The fraction of sp³-hybridized carbons (Fsp3) is 0.600. The summed E-state index contributed by atoms with van der Waals surface area (Å²) < 4.78 is 88.9. The first-order valence-corrected chi connectivity index (χ1v) is 6.95. The Morgan fingerprint density at radius 3 is 2.00 bits per heavy atom. The SMILES string of the molecule is COCOC(c1ccc(O)c(CC(C)C)c1)(C(F)(F)F)C(F)(F)F. The predicted octanol–water partition coefficient (Wildman–Crippen LogP) is 4.53. The van der Waals surface area contributed by atoms with Crippen molar-refractivity contribution < 1.29 is 40.9 Å². The lowest BCUT2D eigenvalue weighted by molar-refractivity contribution is -0.400. The molecule has 9 heteroatoms. The molecule has 1 rings (SSSR count). The lowest BCUT2D eigenvalue weighted by Crippen LogP contribution is -2.56. The highest BCUT2D eigenvalue weighted by Gasteiger charge is 2.73. The van der Waals surface area contributed by atoms with Gasteiger partial charge in [0, 0.05) is 12.7 Å². The van der Waals surface area contributed by atoms with E-state index in [2.05, 4.69) is 9.47 Å². The molecule has 0 radical (unpaired) electrons. The molecule has 0 fully saturated rings. The molecule has 0 unspecified atom stereocenters. The second-order valence-electron chi connectivity index (χ2n) is 5.67. The molecule has 0 atom stereocenters. The molecule has 138 valence electrons. The molecule has 0 aliphatic rings. The van der Waals surface area contributed by atoms with Crippen LogP contribution in [0.15, 0.2) is 18.2 Å². The Morgan fingerprint density at radius 2 is 1.58 bits per heavy atom. The molecule has 0 bridgehead atoms. The number of halogens is 6. The van der Waals surface area contributed by atoms with Crippen LogP contribution in [0, 0.1) is 5.92 Å². The lowest BCUT2D eigenvalue weighted by Gasteiger charge is -2.37. The van der Waals surface area contributed by atoms with Crippen molar-refractivity contribution in [1.29, 1.82) is 0 Å². The first kappa shape index (κ1) is 20.6. The molecule has 0 heterocycles. The summed E-state index contributed by atoms with van der Waals surface area (Å²) in [5.74, 6) is -0.463. The summed E-state index contributed by atoms with van der Waals surface area (Å²) in [4.78, 5) is 0. The number of methoxy groups -OCH3 is 1. The van der Waals surface area contributed by atoms with Gasteiger partial charge in [-0.15, -0.1) is 0 Å². The van der Waals surface area contributed by atoms with Crippen LogP contribution in [-0.2, 0) is 21.5 Å². The molecule has 0 aliphatic heterocycles. The molecular weight excluding hydrogens is 342 g/mol. The number of hydrogen-bond donors (Lipinski definition) is 1. The van der Waals surface area contributed by atoms with Crippen molar-refractivity contribution >= 4 is 0 Å². The molecule has 1 N–H and O–H groups in total. The van der Waals surface area contributed by atoms with Crippen molar-refractivity contribution in [1.82, 2.24) is 0 Å². The van der Waals surface area contributed by atoms with Crippen LogP contribution in [0.3, 0.4) is 0 Å². The average molecular weight is 360 g/mol. The third kappa shape index (κ3) is 3.94. The van der Waals surface area contributed by atoms with Gasteiger partial charge >= 0.3 is 12.4 Å². The average Bonchev–Trinajstić information content (AvgIpc) is 2.39. The highest BCUT2D eigenvalue weighted by atomic mass is 19.4. The van der Waals surface area contributed by atoms with E-state index in [1.165, 1.54) is 0 Å². The third-order valence-corrected chi connectivity index (χ3v) is 3.31. The van der Waals surface area contributed by atoms with E-state index in [0.717, 1.165) is 13.2 Å². The van der Waals surface area contributed by atoms with E-state index < -0.39 is 30.3 Å². The molecule has 0 spiro atoms. The molecule has 24 heavy (non-hydrogen) atoms. The van der Waals surface area contributed by atoms with Crippen molar-refractivity contribution in [2.45, 2.75) is 38.2 Å². The van der Waals surface area contributed by atoms with Gasteiger partial charge in [-0.3, -0.25) is 0 Å². The Morgan fingerprint density at radius 1 is 1.04 bits per heavy atom. The standard InChI is InChI=1S/C15H18F6O3/c1-9(2)6-10-7-11(4-5-12(10)22)13(14(16,17)18,15(19,20)21)24-8-23-3/h4-5,7,9,22H,6,8H2,1-3H3. The van der Waals surface area contributed by atoms with E-state index in [1.54, 1.807) is 13.8 Å².